The molecule has 104 valence electrons. The number of amides is 1. The molecule has 0 radical (unpaired) electrons. The molecule has 0 atom stereocenters. The summed E-state index contributed by atoms with van der Waals surface area (Å²) in [7, 11) is 3.94. The van der Waals surface area contributed by atoms with Crippen LogP contribution in [0.15, 0.2) is 6.07 Å². The Bertz CT molecular complexity index is 456. The Labute approximate surface area is 113 Å². The maximum absolute atomic E-state index is 12.0. The summed E-state index contributed by atoms with van der Waals surface area (Å²) in [5.74, 6) is 1.21. The second-order valence-electron chi connectivity index (χ2n) is 5.16. The van der Waals surface area contributed by atoms with Gasteiger partial charge < -0.3 is 15.5 Å². The van der Waals surface area contributed by atoms with Crippen molar-refractivity contribution in [2.24, 2.45) is 0 Å². The highest BCUT2D eigenvalue weighted by molar-refractivity contribution is 5.92. The number of rotatable bonds is 6. The summed E-state index contributed by atoms with van der Waals surface area (Å²) in [6, 6.07) is 2.23. The topological polar surface area (TPSA) is 70.2 Å². The molecule has 1 aromatic rings. The summed E-state index contributed by atoms with van der Waals surface area (Å²) in [5.41, 5.74) is 0.425. The van der Waals surface area contributed by atoms with Crippen LogP contribution in [0.25, 0.3) is 0 Å². The number of aromatic nitrogens is 2. The summed E-state index contributed by atoms with van der Waals surface area (Å²) in [6.45, 7) is 3.22. The lowest BCUT2D eigenvalue weighted by Gasteiger charge is -2.11. The fourth-order valence-electron chi connectivity index (χ4n) is 1.68. The van der Waals surface area contributed by atoms with Crippen LogP contribution in [-0.4, -0.2) is 54.0 Å². The molecule has 0 unspecified atom stereocenters. The molecule has 1 amide bonds. The standard InChI is InChI=1S/C13H21N5O/c1-9-15-11(13(19)14-6-7-18(2)3)8-12(16-9)17-10-4-5-10/h8,10H,4-7H2,1-3H3,(H,14,19)(H,15,16,17). The highest BCUT2D eigenvalue weighted by atomic mass is 16.1. The molecular formula is C13H21N5O. The minimum absolute atomic E-state index is 0.147. The summed E-state index contributed by atoms with van der Waals surface area (Å²) in [6.07, 6.45) is 2.35. The number of anilines is 1. The number of aryl methyl sites for hydroxylation is 1. The smallest absolute Gasteiger partial charge is 0.270 e. The van der Waals surface area contributed by atoms with E-state index in [9.17, 15) is 4.79 Å². The first-order valence-electron chi connectivity index (χ1n) is 6.60. The van der Waals surface area contributed by atoms with Gasteiger partial charge in [0.25, 0.3) is 5.91 Å². The lowest BCUT2D eigenvalue weighted by molar-refractivity contribution is 0.0945. The molecule has 6 heteroatoms. The molecule has 0 aromatic carbocycles. The minimum atomic E-state index is -0.147. The number of carbonyl (C=O) groups excluding carboxylic acids is 1. The van der Waals surface area contributed by atoms with E-state index in [1.807, 2.05) is 19.0 Å². The molecule has 1 aliphatic carbocycles. The van der Waals surface area contributed by atoms with E-state index in [-0.39, 0.29) is 5.91 Å². The van der Waals surface area contributed by atoms with E-state index in [2.05, 4.69) is 20.6 Å². The van der Waals surface area contributed by atoms with Crippen molar-refractivity contribution < 1.29 is 4.79 Å². The van der Waals surface area contributed by atoms with Gasteiger partial charge in [0.1, 0.15) is 17.3 Å². The second-order valence-corrected chi connectivity index (χ2v) is 5.16. The van der Waals surface area contributed by atoms with Gasteiger partial charge in [0.15, 0.2) is 0 Å². The number of carbonyl (C=O) groups is 1. The Balaban J connectivity index is 1.97. The highest BCUT2D eigenvalue weighted by Crippen LogP contribution is 2.23. The van der Waals surface area contributed by atoms with Crippen LogP contribution >= 0.6 is 0 Å². The third-order valence-electron chi connectivity index (χ3n) is 2.84. The van der Waals surface area contributed by atoms with E-state index in [4.69, 9.17) is 0 Å². The third kappa shape index (κ3) is 4.48. The van der Waals surface area contributed by atoms with Gasteiger partial charge in [-0.1, -0.05) is 0 Å². The van der Waals surface area contributed by atoms with Crippen molar-refractivity contribution in [2.75, 3.05) is 32.5 Å². The predicted molar refractivity (Wildman–Crippen MR) is 74.3 cm³/mol. The van der Waals surface area contributed by atoms with Crippen molar-refractivity contribution in [1.82, 2.24) is 20.2 Å². The molecule has 19 heavy (non-hydrogen) atoms. The molecule has 2 rings (SSSR count). The van der Waals surface area contributed by atoms with Gasteiger partial charge in [0.2, 0.25) is 0 Å². The van der Waals surface area contributed by atoms with Gasteiger partial charge in [-0.05, 0) is 33.9 Å². The highest BCUT2D eigenvalue weighted by Gasteiger charge is 2.22. The summed E-state index contributed by atoms with van der Waals surface area (Å²) >= 11 is 0. The van der Waals surface area contributed by atoms with Crippen molar-refractivity contribution in [2.45, 2.75) is 25.8 Å². The Kier molecular flexibility index (Phi) is 4.31. The molecule has 1 aliphatic rings. The largest absolute Gasteiger partial charge is 0.367 e. The molecule has 0 spiro atoms. The van der Waals surface area contributed by atoms with Crippen LogP contribution in [0.4, 0.5) is 5.82 Å². The molecular weight excluding hydrogens is 242 g/mol. The molecule has 1 fully saturated rings. The Hall–Kier alpha value is -1.69. The maximum atomic E-state index is 12.0. The first kappa shape index (κ1) is 13.7. The zero-order valence-corrected chi connectivity index (χ0v) is 11.7. The second kappa shape index (κ2) is 5.97. The fourth-order valence-corrected chi connectivity index (χ4v) is 1.68. The number of nitrogens with one attached hydrogen (secondary N) is 2. The zero-order valence-electron chi connectivity index (χ0n) is 11.7. The summed E-state index contributed by atoms with van der Waals surface area (Å²) in [4.78, 5) is 22.5. The first-order valence-corrected chi connectivity index (χ1v) is 6.60. The molecule has 1 heterocycles. The lowest BCUT2D eigenvalue weighted by atomic mass is 10.3. The summed E-state index contributed by atoms with van der Waals surface area (Å²) in [5, 5.41) is 6.14. The maximum Gasteiger partial charge on any atom is 0.270 e. The van der Waals surface area contributed by atoms with Crippen molar-refractivity contribution in [3.8, 4) is 0 Å². The van der Waals surface area contributed by atoms with Gasteiger partial charge in [0, 0.05) is 25.2 Å². The van der Waals surface area contributed by atoms with E-state index < -0.39 is 0 Å². The first-order chi connectivity index (χ1) is 9.04. The number of likely N-dealkylation sites (N-methyl/N-ethyl adjacent to an activating group) is 1. The molecule has 0 saturated heterocycles. The van der Waals surface area contributed by atoms with Gasteiger partial charge in [-0.25, -0.2) is 9.97 Å². The van der Waals surface area contributed by atoms with E-state index in [1.165, 1.54) is 12.8 Å². The Morgan fingerprint density at radius 2 is 2.16 bits per heavy atom. The number of nitrogens with zero attached hydrogens (tertiary/aromatic N) is 3. The van der Waals surface area contributed by atoms with Crippen molar-refractivity contribution in [3.63, 3.8) is 0 Å². The molecule has 1 saturated carbocycles. The van der Waals surface area contributed by atoms with Crippen LogP contribution in [0.1, 0.15) is 29.2 Å². The molecule has 1 aromatic heterocycles. The van der Waals surface area contributed by atoms with Crippen LogP contribution in [0.2, 0.25) is 0 Å². The number of hydrogen-bond acceptors (Lipinski definition) is 5. The van der Waals surface area contributed by atoms with Crippen LogP contribution in [-0.2, 0) is 0 Å². The number of hydrogen-bond donors (Lipinski definition) is 2. The van der Waals surface area contributed by atoms with E-state index in [0.717, 1.165) is 12.4 Å². The van der Waals surface area contributed by atoms with Crippen LogP contribution in [0, 0.1) is 6.92 Å². The molecule has 0 aliphatic heterocycles. The lowest BCUT2D eigenvalue weighted by Crippen LogP contribution is -2.32. The van der Waals surface area contributed by atoms with E-state index >= 15 is 0 Å². The van der Waals surface area contributed by atoms with Gasteiger partial charge in [0.05, 0.1) is 0 Å². The van der Waals surface area contributed by atoms with Crippen LogP contribution in [0.3, 0.4) is 0 Å². The molecule has 2 N–H and O–H groups in total. The quantitative estimate of drug-likeness (QED) is 0.788. The van der Waals surface area contributed by atoms with Crippen molar-refractivity contribution >= 4 is 11.7 Å². The monoisotopic (exact) mass is 263 g/mol. The Morgan fingerprint density at radius 1 is 1.42 bits per heavy atom. The van der Waals surface area contributed by atoms with Gasteiger partial charge in [-0.3, -0.25) is 4.79 Å². The molecule has 6 nitrogen and oxygen atoms in total. The van der Waals surface area contributed by atoms with Gasteiger partial charge in [-0.2, -0.15) is 0 Å². The van der Waals surface area contributed by atoms with Gasteiger partial charge in [-0.15, -0.1) is 0 Å². The van der Waals surface area contributed by atoms with Crippen LogP contribution in [0.5, 0.6) is 0 Å². The normalized spacial score (nSPS) is 14.5. The van der Waals surface area contributed by atoms with E-state index in [1.54, 1.807) is 13.0 Å². The summed E-state index contributed by atoms with van der Waals surface area (Å²) < 4.78 is 0. The van der Waals surface area contributed by atoms with Crippen molar-refractivity contribution in [1.29, 1.82) is 0 Å². The average Bonchev–Trinajstić information content (AvgIpc) is 3.11. The third-order valence-corrected chi connectivity index (χ3v) is 2.84. The van der Waals surface area contributed by atoms with E-state index in [0.29, 0.717) is 24.1 Å². The minimum Gasteiger partial charge on any atom is -0.367 e. The van der Waals surface area contributed by atoms with Crippen LogP contribution < -0.4 is 10.6 Å². The van der Waals surface area contributed by atoms with Gasteiger partial charge >= 0.3 is 0 Å². The molecule has 0 bridgehead atoms. The predicted octanol–water partition coefficient (Wildman–Crippen LogP) is 0.651. The fraction of sp³-hybridized carbons (Fsp3) is 0.615. The van der Waals surface area contributed by atoms with Crippen molar-refractivity contribution in [3.05, 3.63) is 17.6 Å². The average molecular weight is 263 g/mol. The zero-order chi connectivity index (χ0) is 13.8. The SMILES string of the molecule is Cc1nc(NC2CC2)cc(C(=O)NCCN(C)C)n1. The Morgan fingerprint density at radius 3 is 2.79 bits per heavy atom.